The van der Waals surface area contributed by atoms with E-state index in [1.807, 2.05) is 0 Å². The lowest BCUT2D eigenvalue weighted by Crippen LogP contribution is -2.05. The van der Waals surface area contributed by atoms with Crippen LogP contribution in [0, 0.1) is 11.7 Å². The maximum absolute atomic E-state index is 13.9. The Morgan fingerprint density at radius 2 is 1.95 bits per heavy atom. The van der Waals surface area contributed by atoms with Gasteiger partial charge in [-0.2, -0.15) is 0 Å². The summed E-state index contributed by atoms with van der Waals surface area (Å²) in [6, 6.07) is 6.65. The average Bonchev–Trinajstić information content (AvgIpc) is 2.33. The molecule has 1 heterocycles. The van der Waals surface area contributed by atoms with Crippen LogP contribution in [0.15, 0.2) is 24.3 Å². The van der Waals surface area contributed by atoms with Gasteiger partial charge < -0.3 is 0 Å². The minimum absolute atomic E-state index is 0.104. The number of halogens is 3. The number of hydrogen-bond acceptors (Lipinski definition) is 2. The molecule has 0 aliphatic rings. The minimum atomic E-state index is -0.428. The first-order valence-electron chi connectivity index (χ1n) is 6.41. The standard InChI is InChI=1S/C15H15Cl2FN2/c1-9(2)6-11-8-13(17)20-14(19-11)7-10-4-3-5-12(16)15(10)18/h3-5,8-9H,6-7H2,1-2H3. The highest BCUT2D eigenvalue weighted by Gasteiger charge is 2.11. The highest BCUT2D eigenvalue weighted by molar-refractivity contribution is 6.30. The van der Waals surface area contributed by atoms with Gasteiger partial charge in [0.2, 0.25) is 0 Å². The van der Waals surface area contributed by atoms with Crippen LogP contribution in [-0.4, -0.2) is 9.97 Å². The highest BCUT2D eigenvalue weighted by atomic mass is 35.5. The molecule has 2 nitrogen and oxygen atoms in total. The van der Waals surface area contributed by atoms with Gasteiger partial charge in [0.05, 0.1) is 5.02 Å². The Morgan fingerprint density at radius 1 is 1.20 bits per heavy atom. The van der Waals surface area contributed by atoms with Crippen LogP contribution in [0.3, 0.4) is 0 Å². The van der Waals surface area contributed by atoms with Crippen molar-refractivity contribution in [3.63, 3.8) is 0 Å². The molecule has 2 aromatic rings. The summed E-state index contributed by atoms with van der Waals surface area (Å²) >= 11 is 11.8. The molecular formula is C15H15Cl2FN2. The van der Waals surface area contributed by atoms with Crippen molar-refractivity contribution < 1.29 is 4.39 Å². The van der Waals surface area contributed by atoms with Gasteiger partial charge in [0.15, 0.2) is 0 Å². The number of hydrogen-bond donors (Lipinski definition) is 0. The second kappa shape index (κ2) is 6.51. The fourth-order valence-corrected chi connectivity index (χ4v) is 2.39. The lowest BCUT2D eigenvalue weighted by molar-refractivity contribution is 0.610. The smallest absolute Gasteiger partial charge is 0.145 e. The second-order valence-electron chi connectivity index (χ2n) is 5.09. The van der Waals surface area contributed by atoms with Crippen LogP contribution in [0.1, 0.15) is 30.9 Å². The minimum Gasteiger partial charge on any atom is -0.237 e. The number of benzene rings is 1. The van der Waals surface area contributed by atoms with E-state index in [9.17, 15) is 4.39 Å². The molecule has 0 atom stereocenters. The third-order valence-electron chi connectivity index (χ3n) is 2.79. The van der Waals surface area contributed by atoms with Gasteiger partial charge in [-0.3, -0.25) is 0 Å². The van der Waals surface area contributed by atoms with Crippen LogP contribution in [0.4, 0.5) is 4.39 Å². The summed E-state index contributed by atoms with van der Waals surface area (Å²) < 4.78 is 13.9. The Balaban J connectivity index is 2.29. The molecule has 0 aliphatic carbocycles. The molecule has 0 unspecified atom stereocenters. The summed E-state index contributed by atoms with van der Waals surface area (Å²) in [4.78, 5) is 8.59. The zero-order valence-corrected chi connectivity index (χ0v) is 12.8. The molecular weight excluding hydrogens is 298 g/mol. The molecule has 0 spiro atoms. The van der Waals surface area contributed by atoms with E-state index in [0.29, 0.717) is 22.5 Å². The van der Waals surface area contributed by atoms with Crippen molar-refractivity contribution in [2.75, 3.05) is 0 Å². The van der Waals surface area contributed by atoms with Crippen LogP contribution < -0.4 is 0 Å². The molecule has 0 radical (unpaired) electrons. The monoisotopic (exact) mass is 312 g/mol. The Labute approximate surface area is 128 Å². The molecule has 5 heteroatoms. The van der Waals surface area contributed by atoms with Gasteiger partial charge in [-0.1, -0.05) is 49.2 Å². The van der Waals surface area contributed by atoms with Gasteiger partial charge in [0, 0.05) is 12.1 Å². The summed E-state index contributed by atoms with van der Waals surface area (Å²) in [6.45, 7) is 4.21. The molecule has 1 aromatic heterocycles. The highest BCUT2D eigenvalue weighted by Crippen LogP contribution is 2.20. The molecule has 0 saturated carbocycles. The predicted molar refractivity (Wildman–Crippen MR) is 79.8 cm³/mol. The van der Waals surface area contributed by atoms with Gasteiger partial charge in [0.25, 0.3) is 0 Å². The summed E-state index contributed by atoms with van der Waals surface area (Å²) in [6.07, 6.45) is 1.09. The van der Waals surface area contributed by atoms with Crippen LogP contribution in [0.5, 0.6) is 0 Å². The molecule has 2 rings (SSSR count). The molecule has 0 aliphatic heterocycles. The van der Waals surface area contributed by atoms with Crippen molar-refractivity contribution in [1.29, 1.82) is 0 Å². The molecule has 0 bridgehead atoms. The van der Waals surface area contributed by atoms with Gasteiger partial charge in [0.1, 0.15) is 16.8 Å². The molecule has 0 fully saturated rings. The van der Waals surface area contributed by atoms with Crippen LogP contribution >= 0.6 is 23.2 Å². The summed E-state index contributed by atoms with van der Waals surface area (Å²) in [5, 5.41) is 0.486. The Morgan fingerprint density at radius 3 is 2.65 bits per heavy atom. The lowest BCUT2D eigenvalue weighted by atomic mass is 10.1. The number of nitrogens with zero attached hydrogens (tertiary/aromatic N) is 2. The predicted octanol–water partition coefficient (Wildman–Crippen LogP) is 4.71. The van der Waals surface area contributed by atoms with Crippen LogP contribution in [-0.2, 0) is 12.8 Å². The maximum Gasteiger partial charge on any atom is 0.145 e. The van der Waals surface area contributed by atoms with Crippen molar-refractivity contribution in [2.45, 2.75) is 26.7 Å². The van der Waals surface area contributed by atoms with Crippen molar-refractivity contribution in [3.05, 3.63) is 57.3 Å². The quantitative estimate of drug-likeness (QED) is 0.764. The third-order valence-corrected chi connectivity index (χ3v) is 3.28. The van der Waals surface area contributed by atoms with E-state index in [2.05, 4.69) is 23.8 Å². The van der Waals surface area contributed by atoms with Crippen molar-refractivity contribution in [1.82, 2.24) is 9.97 Å². The maximum atomic E-state index is 13.9. The first-order valence-corrected chi connectivity index (χ1v) is 7.16. The Bertz CT molecular complexity index is 615. The number of aromatic nitrogens is 2. The fourth-order valence-electron chi connectivity index (χ4n) is 1.97. The van der Waals surface area contributed by atoms with E-state index in [1.165, 1.54) is 6.07 Å². The largest absolute Gasteiger partial charge is 0.237 e. The van der Waals surface area contributed by atoms with Crippen molar-refractivity contribution in [2.24, 2.45) is 5.92 Å². The number of rotatable bonds is 4. The van der Waals surface area contributed by atoms with Gasteiger partial charge >= 0.3 is 0 Å². The van der Waals surface area contributed by atoms with E-state index in [4.69, 9.17) is 23.2 Å². The molecule has 1 aromatic carbocycles. The summed E-state index contributed by atoms with van der Waals surface area (Å²) in [7, 11) is 0. The van der Waals surface area contributed by atoms with E-state index < -0.39 is 5.82 Å². The third kappa shape index (κ3) is 3.90. The summed E-state index contributed by atoms with van der Waals surface area (Å²) in [5.74, 6) is 0.550. The van der Waals surface area contributed by atoms with E-state index in [1.54, 1.807) is 18.2 Å². The topological polar surface area (TPSA) is 25.8 Å². The Kier molecular flexibility index (Phi) is 4.95. The first-order chi connectivity index (χ1) is 9.45. The second-order valence-corrected chi connectivity index (χ2v) is 5.88. The lowest BCUT2D eigenvalue weighted by Gasteiger charge is -2.08. The molecule has 106 valence electrons. The first kappa shape index (κ1) is 15.2. The Hall–Kier alpha value is -1.19. The fraction of sp³-hybridized carbons (Fsp3) is 0.333. The SMILES string of the molecule is CC(C)Cc1cc(Cl)nc(Cc2cccc(Cl)c2F)n1. The van der Waals surface area contributed by atoms with Gasteiger partial charge in [-0.05, 0) is 30.0 Å². The summed E-state index contributed by atoms with van der Waals surface area (Å²) in [5.41, 5.74) is 1.34. The molecule has 0 saturated heterocycles. The van der Waals surface area contributed by atoms with Gasteiger partial charge in [-0.15, -0.1) is 0 Å². The van der Waals surface area contributed by atoms with Crippen LogP contribution in [0.2, 0.25) is 10.2 Å². The van der Waals surface area contributed by atoms with E-state index >= 15 is 0 Å². The molecule has 0 N–H and O–H groups in total. The van der Waals surface area contributed by atoms with Crippen molar-refractivity contribution >= 4 is 23.2 Å². The normalized spacial score (nSPS) is 11.1. The van der Waals surface area contributed by atoms with E-state index in [-0.39, 0.29) is 11.4 Å². The molecule has 0 amide bonds. The van der Waals surface area contributed by atoms with E-state index in [0.717, 1.165) is 12.1 Å². The van der Waals surface area contributed by atoms with Crippen LogP contribution in [0.25, 0.3) is 0 Å². The zero-order valence-electron chi connectivity index (χ0n) is 11.3. The van der Waals surface area contributed by atoms with Crippen molar-refractivity contribution in [3.8, 4) is 0 Å². The van der Waals surface area contributed by atoms with Gasteiger partial charge in [-0.25, -0.2) is 14.4 Å². The molecule has 20 heavy (non-hydrogen) atoms. The zero-order chi connectivity index (χ0) is 14.7. The average molecular weight is 313 g/mol.